The van der Waals surface area contributed by atoms with Gasteiger partial charge in [0.05, 0.1) is 38.7 Å². The Labute approximate surface area is 191 Å². The number of aliphatic imine (C=N–C) groups is 1. The van der Waals surface area contributed by atoms with Crippen LogP contribution in [0, 0.1) is 6.92 Å². The molecule has 7 heteroatoms. The summed E-state index contributed by atoms with van der Waals surface area (Å²) < 4.78 is 11.0. The van der Waals surface area contributed by atoms with Crippen LogP contribution in [-0.2, 0) is 16.0 Å². The molecule has 0 radical (unpaired) electrons. The molecule has 2 aliphatic heterocycles. The van der Waals surface area contributed by atoms with Crippen LogP contribution >= 0.6 is 0 Å². The third-order valence-electron chi connectivity index (χ3n) is 6.01. The van der Waals surface area contributed by atoms with Crippen molar-refractivity contribution in [1.29, 1.82) is 0 Å². The van der Waals surface area contributed by atoms with E-state index in [-0.39, 0.29) is 0 Å². The first kappa shape index (κ1) is 22.7. The summed E-state index contributed by atoms with van der Waals surface area (Å²) in [6, 6.07) is 12.8. The fraction of sp³-hybridized carbons (Fsp3) is 0.520. The fourth-order valence-electron chi connectivity index (χ4n) is 4.06. The van der Waals surface area contributed by atoms with E-state index in [1.807, 2.05) is 6.21 Å². The van der Waals surface area contributed by atoms with Crippen molar-refractivity contribution in [2.75, 3.05) is 82.5 Å². The maximum atomic E-state index is 5.55. The number of pyridine rings is 1. The first-order valence-electron chi connectivity index (χ1n) is 11.6. The van der Waals surface area contributed by atoms with Crippen LogP contribution in [0.4, 0.5) is 11.5 Å². The van der Waals surface area contributed by atoms with Crippen LogP contribution in [0.5, 0.6) is 0 Å². The standard InChI is InChI=1S/C25H35N5O2/c1-21-4-3-5-22(16-21)19-26-20-23-17-24(30-10-14-32-15-11-30)18-25(27-23)28(2)6-7-29-8-12-31-13-9-29/h3-5,16-19H,6-15,20H2,1-2H3. The molecular formula is C25H35N5O2. The van der Waals surface area contributed by atoms with E-state index in [1.165, 1.54) is 11.3 Å². The topological polar surface area (TPSA) is 53.4 Å². The van der Waals surface area contributed by atoms with E-state index in [2.05, 4.69) is 70.1 Å². The molecular weight excluding hydrogens is 402 g/mol. The zero-order valence-electron chi connectivity index (χ0n) is 19.4. The second-order valence-corrected chi connectivity index (χ2v) is 8.53. The average molecular weight is 438 g/mol. The summed E-state index contributed by atoms with van der Waals surface area (Å²) in [6.07, 6.45) is 1.94. The maximum Gasteiger partial charge on any atom is 0.130 e. The Morgan fingerprint density at radius 1 is 1.03 bits per heavy atom. The van der Waals surface area contributed by atoms with Gasteiger partial charge in [-0.2, -0.15) is 0 Å². The third-order valence-corrected chi connectivity index (χ3v) is 6.01. The number of aryl methyl sites for hydroxylation is 1. The number of nitrogens with zero attached hydrogens (tertiary/aromatic N) is 5. The lowest BCUT2D eigenvalue weighted by atomic mass is 10.1. The van der Waals surface area contributed by atoms with E-state index < -0.39 is 0 Å². The number of morpholine rings is 2. The average Bonchev–Trinajstić information content (AvgIpc) is 2.83. The van der Waals surface area contributed by atoms with Crippen LogP contribution in [0.25, 0.3) is 0 Å². The molecule has 2 fully saturated rings. The molecule has 0 unspecified atom stereocenters. The number of hydrogen-bond acceptors (Lipinski definition) is 7. The second kappa shape index (κ2) is 11.4. The Hall–Kier alpha value is -2.48. The predicted octanol–water partition coefficient (Wildman–Crippen LogP) is 2.61. The monoisotopic (exact) mass is 437 g/mol. The van der Waals surface area contributed by atoms with Gasteiger partial charge in [0.15, 0.2) is 0 Å². The van der Waals surface area contributed by atoms with E-state index >= 15 is 0 Å². The zero-order valence-corrected chi connectivity index (χ0v) is 19.4. The van der Waals surface area contributed by atoms with Crippen molar-refractivity contribution in [3.05, 3.63) is 53.2 Å². The quantitative estimate of drug-likeness (QED) is 0.592. The first-order chi connectivity index (χ1) is 15.7. The molecule has 0 atom stereocenters. The van der Waals surface area contributed by atoms with Crippen molar-refractivity contribution in [1.82, 2.24) is 9.88 Å². The van der Waals surface area contributed by atoms with E-state index in [4.69, 9.17) is 14.5 Å². The van der Waals surface area contributed by atoms with Gasteiger partial charge in [-0.05, 0) is 18.6 Å². The molecule has 4 rings (SSSR count). The molecule has 7 nitrogen and oxygen atoms in total. The zero-order chi connectivity index (χ0) is 22.2. The normalized spacial score (nSPS) is 17.8. The molecule has 0 bridgehead atoms. The lowest BCUT2D eigenvalue weighted by molar-refractivity contribution is 0.0392. The van der Waals surface area contributed by atoms with Gasteiger partial charge < -0.3 is 19.3 Å². The van der Waals surface area contributed by atoms with Crippen LogP contribution in [0.15, 0.2) is 41.4 Å². The minimum atomic E-state index is 0.566. The number of benzene rings is 1. The SMILES string of the molecule is Cc1cccc(C=NCc2cc(N3CCOCC3)cc(N(C)CCN3CCOCC3)n2)c1. The minimum Gasteiger partial charge on any atom is -0.379 e. The summed E-state index contributed by atoms with van der Waals surface area (Å²) in [5.41, 5.74) is 4.56. The molecule has 0 N–H and O–H groups in total. The first-order valence-corrected chi connectivity index (χ1v) is 11.6. The highest BCUT2D eigenvalue weighted by Crippen LogP contribution is 2.23. The Bertz CT molecular complexity index is 892. The fourth-order valence-corrected chi connectivity index (χ4v) is 4.06. The number of aromatic nitrogens is 1. The van der Waals surface area contributed by atoms with Gasteiger partial charge in [-0.15, -0.1) is 0 Å². The molecule has 1 aromatic carbocycles. The Morgan fingerprint density at radius 2 is 1.78 bits per heavy atom. The molecule has 3 heterocycles. The maximum absolute atomic E-state index is 5.55. The highest BCUT2D eigenvalue weighted by Gasteiger charge is 2.16. The van der Waals surface area contributed by atoms with Gasteiger partial charge in [0, 0.05) is 64.3 Å². The summed E-state index contributed by atoms with van der Waals surface area (Å²) in [5.74, 6) is 1.00. The third kappa shape index (κ3) is 6.51. The highest BCUT2D eigenvalue weighted by molar-refractivity contribution is 5.79. The van der Waals surface area contributed by atoms with Crippen molar-refractivity contribution in [3.63, 3.8) is 0 Å². The molecule has 2 aliphatic rings. The summed E-state index contributed by atoms with van der Waals surface area (Å²) in [7, 11) is 2.13. The highest BCUT2D eigenvalue weighted by atomic mass is 16.5. The van der Waals surface area contributed by atoms with Gasteiger partial charge in [-0.25, -0.2) is 4.98 Å². The van der Waals surface area contributed by atoms with E-state index in [1.54, 1.807) is 0 Å². The summed E-state index contributed by atoms with van der Waals surface area (Å²) >= 11 is 0. The van der Waals surface area contributed by atoms with Crippen LogP contribution < -0.4 is 9.80 Å². The molecule has 2 saturated heterocycles. The largest absolute Gasteiger partial charge is 0.379 e. The predicted molar refractivity (Wildman–Crippen MR) is 130 cm³/mol. The molecule has 0 saturated carbocycles. The van der Waals surface area contributed by atoms with Crippen LogP contribution in [0.3, 0.4) is 0 Å². The number of likely N-dealkylation sites (N-methyl/N-ethyl adjacent to an activating group) is 1. The summed E-state index contributed by atoms with van der Waals surface area (Å²) in [4.78, 5) is 16.7. The number of anilines is 2. The number of ether oxygens (including phenoxy) is 2. The van der Waals surface area contributed by atoms with Crippen molar-refractivity contribution in [2.45, 2.75) is 13.5 Å². The van der Waals surface area contributed by atoms with E-state index in [0.717, 1.165) is 82.8 Å². The van der Waals surface area contributed by atoms with Crippen molar-refractivity contribution >= 4 is 17.7 Å². The minimum absolute atomic E-state index is 0.566. The van der Waals surface area contributed by atoms with E-state index in [0.29, 0.717) is 6.54 Å². The van der Waals surface area contributed by atoms with Gasteiger partial charge in [-0.3, -0.25) is 9.89 Å². The lowest BCUT2D eigenvalue weighted by Gasteiger charge is -2.31. The molecule has 172 valence electrons. The van der Waals surface area contributed by atoms with Gasteiger partial charge in [0.1, 0.15) is 5.82 Å². The van der Waals surface area contributed by atoms with Crippen LogP contribution in [-0.4, -0.2) is 88.8 Å². The van der Waals surface area contributed by atoms with Crippen molar-refractivity contribution < 1.29 is 9.47 Å². The summed E-state index contributed by atoms with van der Waals surface area (Å²) in [6.45, 7) is 11.7. The Kier molecular flexibility index (Phi) is 8.09. The molecule has 0 aliphatic carbocycles. The Morgan fingerprint density at radius 3 is 2.53 bits per heavy atom. The summed E-state index contributed by atoms with van der Waals surface area (Å²) in [5, 5.41) is 0. The second-order valence-electron chi connectivity index (χ2n) is 8.53. The van der Waals surface area contributed by atoms with Gasteiger partial charge >= 0.3 is 0 Å². The van der Waals surface area contributed by atoms with Gasteiger partial charge in [0.25, 0.3) is 0 Å². The molecule has 2 aromatic rings. The Balaban J connectivity index is 1.47. The van der Waals surface area contributed by atoms with Crippen molar-refractivity contribution in [2.24, 2.45) is 4.99 Å². The molecule has 32 heavy (non-hydrogen) atoms. The van der Waals surface area contributed by atoms with Crippen LogP contribution in [0.1, 0.15) is 16.8 Å². The van der Waals surface area contributed by atoms with Gasteiger partial charge in [-0.1, -0.05) is 29.8 Å². The van der Waals surface area contributed by atoms with Crippen molar-refractivity contribution in [3.8, 4) is 0 Å². The lowest BCUT2D eigenvalue weighted by Crippen LogP contribution is -2.41. The van der Waals surface area contributed by atoms with Gasteiger partial charge in [0.2, 0.25) is 0 Å². The van der Waals surface area contributed by atoms with E-state index in [9.17, 15) is 0 Å². The molecule has 0 amide bonds. The number of hydrogen-bond donors (Lipinski definition) is 0. The molecule has 0 spiro atoms. The van der Waals surface area contributed by atoms with Crippen LogP contribution in [0.2, 0.25) is 0 Å². The molecule has 1 aromatic heterocycles. The smallest absolute Gasteiger partial charge is 0.130 e. The number of rotatable bonds is 8.